The van der Waals surface area contributed by atoms with Crippen LogP contribution in [0.25, 0.3) is 0 Å². The van der Waals surface area contributed by atoms with Crippen LogP contribution in [0.4, 0.5) is 13.2 Å². The number of alkyl halides is 3. The summed E-state index contributed by atoms with van der Waals surface area (Å²) < 4.78 is 65.0. The predicted octanol–water partition coefficient (Wildman–Crippen LogP) is 0.0663. The summed E-state index contributed by atoms with van der Waals surface area (Å²) in [5.41, 5.74) is -5.65. The number of halogens is 3. The van der Waals surface area contributed by atoms with E-state index < -0.39 is 15.6 Å². The van der Waals surface area contributed by atoms with Gasteiger partial charge in [-0.05, 0) is 0 Å². The molecule has 0 aliphatic rings. The van der Waals surface area contributed by atoms with E-state index >= 15 is 0 Å². The normalized spacial score (nSPS) is 11.8. The van der Waals surface area contributed by atoms with Crippen LogP contribution in [0.15, 0.2) is 37.4 Å². The van der Waals surface area contributed by atoms with Crippen LogP contribution in [0.3, 0.4) is 0 Å². The topological polar surface area (TPSA) is 83.8 Å². The van der Waals surface area contributed by atoms with Crippen LogP contribution in [0.5, 0.6) is 0 Å². The molecule has 0 aromatic carbocycles. The molecule has 2 aromatic heterocycles. The Hall–Kier alpha value is -1.88. The van der Waals surface area contributed by atoms with E-state index in [9.17, 15) is 13.2 Å². The van der Waals surface area contributed by atoms with Gasteiger partial charge in [0.1, 0.15) is 12.4 Å². The van der Waals surface area contributed by atoms with Crippen LogP contribution in [0.1, 0.15) is 0 Å². The number of aryl methyl sites for hydroxylation is 1. The number of hydrogen-bond acceptors (Lipinski definition) is 4. The minimum absolute atomic E-state index is 0.820. The first kappa shape index (κ1) is 16.2. The fourth-order valence-electron chi connectivity index (χ4n) is 1.14. The van der Waals surface area contributed by atoms with Crippen LogP contribution in [0.2, 0.25) is 0 Å². The third kappa shape index (κ3) is 5.01. The molecule has 0 radical (unpaired) electrons. The van der Waals surface area contributed by atoms with Gasteiger partial charge in [-0.15, -0.1) is 0 Å². The SMILES string of the molecule is C[n+]1ccn(Cn2ccnc2)c1.O=S(=O)([O-])C(F)(F)F. The van der Waals surface area contributed by atoms with Gasteiger partial charge in [0.15, 0.2) is 16.8 Å². The third-order valence-electron chi connectivity index (χ3n) is 1.99. The summed E-state index contributed by atoms with van der Waals surface area (Å²) in [6.07, 6.45) is 11.6. The maximum absolute atomic E-state index is 10.7. The van der Waals surface area contributed by atoms with Gasteiger partial charge in [0.2, 0.25) is 6.33 Å². The van der Waals surface area contributed by atoms with E-state index in [0.29, 0.717) is 0 Å². The summed E-state index contributed by atoms with van der Waals surface area (Å²) >= 11 is 0. The maximum Gasteiger partial charge on any atom is 0.485 e. The Balaban J connectivity index is 0.000000221. The monoisotopic (exact) mass is 312 g/mol. The second-order valence-electron chi connectivity index (χ2n) is 3.71. The second-order valence-corrected chi connectivity index (χ2v) is 5.08. The Morgan fingerprint density at radius 3 is 2.25 bits per heavy atom. The largest absolute Gasteiger partial charge is 0.741 e. The molecule has 0 fully saturated rings. The Morgan fingerprint density at radius 2 is 1.90 bits per heavy atom. The van der Waals surface area contributed by atoms with Gasteiger partial charge in [-0.1, -0.05) is 0 Å². The molecule has 2 aromatic rings. The van der Waals surface area contributed by atoms with Gasteiger partial charge in [0.25, 0.3) is 0 Å². The first-order valence-electron chi connectivity index (χ1n) is 5.08. The van der Waals surface area contributed by atoms with E-state index in [1.165, 1.54) is 0 Å². The Kier molecular flexibility index (Phi) is 4.89. The minimum Gasteiger partial charge on any atom is -0.741 e. The molecule has 11 heteroatoms. The minimum atomic E-state index is -6.09. The van der Waals surface area contributed by atoms with E-state index in [0.717, 1.165) is 6.67 Å². The molecule has 0 aliphatic carbocycles. The van der Waals surface area contributed by atoms with Gasteiger partial charge in [0.05, 0.1) is 13.4 Å². The summed E-state index contributed by atoms with van der Waals surface area (Å²) in [4.78, 5) is 3.97. The molecule has 0 saturated carbocycles. The highest BCUT2D eigenvalue weighted by molar-refractivity contribution is 7.86. The van der Waals surface area contributed by atoms with Crippen molar-refractivity contribution in [2.75, 3.05) is 0 Å². The Labute approximate surface area is 112 Å². The number of aromatic nitrogens is 4. The third-order valence-corrected chi connectivity index (χ3v) is 2.56. The van der Waals surface area contributed by atoms with E-state index in [4.69, 9.17) is 13.0 Å². The van der Waals surface area contributed by atoms with Crippen LogP contribution < -0.4 is 4.57 Å². The molecular formula is C9H11F3N4O3S. The zero-order valence-electron chi connectivity index (χ0n) is 10.2. The number of hydrogen-bond donors (Lipinski definition) is 0. The van der Waals surface area contributed by atoms with Gasteiger partial charge in [0, 0.05) is 12.4 Å². The molecule has 112 valence electrons. The van der Waals surface area contributed by atoms with Crippen molar-refractivity contribution >= 4 is 10.1 Å². The fourth-order valence-corrected chi connectivity index (χ4v) is 1.14. The van der Waals surface area contributed by atoms with Gasteiger partial charge >= 0.3 is 5.51 Å². The van der Waals surface area contributed by atoms with Crippen molar-refractivity contribution < 1.29 is 30.7 Å². The molecule has 2 heterocycles. The molecule has 7 nitrogen and oxygen atoms in total. The zero-order chi connectivity index (χ0) is 15.4. The predicted molar refractivity (Wildman–Crippen MR) is 59.0 cm³/mol. The van der Waals surface area contributed by atoms with Crippen LogP contribution >= 0.6 is 0 Å². The summed E-state index contributed by atoms with van der Waals surface area (Å²) in [5, 5.41) is 0. The van der Waals surface area contributed by atoms with Gasteiger partial charge < -0.3 is 9.12 Å². The molecule has 0 spiro atoms. The summed E-state index contributed by atoms with van der Waals surface area (Å²) in [6, 6.07) is 0. The van der Waals surface area contributed by atoms with Crippen molar-refractivity contribution in [1.29, 1.82) is 0 Å². The molecule has 0 atom stereocenters. The standard InChI is InChI=1S/C8H11N4.CHF3O3S/c1-10-4-5-12(7-10)8-11-3-2-9-6-11;2-1(3,4)8(5,6)7/h2-7H,8H2,1H3;(H,5,6,7)/q+1;/p-1. The van der Waals surface area contributed by atoms with E-state index in [2.05, 4.69) is 9.55 Å². The molecule has 0 aliphatic heterocycles. The van der Waals surface area contributed by atoms with Gasteiger partial charge in [-0.3, -0.25) is 0 Å². The van der Waals surface area contributed by atoms with E-state index in [-0.39, 0.29) is 0 Å². The lowest BCUT2D eigenvalue weighted by Crippen LogP contribution is -2.24. The lowest BCUT2D eigenvalue weighted by molar-refractivity contribution is -0.671. The van der Waals surface area contributed by atoms with Crippen molar-refractivity contribution in [3.8, 4) is 0 Å². The number of imidazole rings is 2. The maximum atomic E-state index is 10.7. The van der Waals surface area contributed by atoms with E-state index in [1.54, 1.807) is 12.5 Å². The molecular weight excluding hydrogens is 301 g/mol. The average molecular weight is 312 g/mol. The van der Waals surface area contributed by atoms with Crippen LogP contribution in [0, 0.1) is 0 Å². The summed E-state index contributed by atoms with van der Waals surface area (Å²) in [5.74, 6) is 0. The average Bonchev–Trinajstić information content (AvgIpc) is 2.89. The molecule has 2 rings (SSSR count). The fraction of sp³-hybridized carbons (Fsp3) is 0.333. The zero-order valence-corrected chi connectivity index (χ0v) is 11.0. The van der Waals surface area contributed by atoms with Crippen LogP contribution in [-0.2, 0) is 23.8 Å². The highest BCUT2D eigenvalue weighted by Gasteiger charge is 2.36. The molecule has 0 unspecified atom stereocenters. The Morgan fingerprint density at radius 1 is 1.30 bits per heavy atom. The van der Waals surface area contributed by atoms with Crippen molar-refractivity contribution in [3.05, 3.63) is 37.4 Å². The van der Waals surface area contributed by atoms with Crippen molar-refractivity contribution in [2.24, 2.45) is 7.05 Å². The molecule has 0 N–H and O–H groups in total. The first-order valence-corrected chi connectivity index (χ1v) is 6.49. The highest BCUT2D eigenvalue weighted by Crippen LogP contribution is 2.20. The smallest absolute Gasteiger partial charge is 0.485 e. The second kappa shape index (κ2) is 6.05. The Bertz CT molecular complexity index is 634. The first-order chi connectivity index (χ1) is 9.09. The summed E-state index contributed by atoms with van der Waals surface area (Å²) in [7, 11) is -4.09. The molecule has 0 saturated heterocycles. The lowest BCUT2D eigenvalue weighted by atomic mass is 10.8. The van der Waals surface area contributed by atoms with Gasteiger partial charge in [-0.25, -0.2) is 22.5 Å². The molecule has 0 bridgehead atoms. The molecule has 20 heavy (non-hydrogen) atoms. The van der Waals surface area contributed by atoms with Crippen molar-refractivity contribution in [2.45, 2.75) is 12.2 Å². The summed E-state index contributed by atoms with van der Waals surface area (Å²) in [6.45, 7) is 0.820. The van der Waals surface area contributed by atoms with Crippen LogP contribution in [-0.4, -0.2) is 32.6 Å². The van der Waals surface area contributed by atoms with Crippen molar-refractivity contribution in [1.82, 2.24) is 14.1 Å². The van der Waals surface area contributed by atoms with Gasteiger partial charge in [-0.2, -0.15) is 13.2 Å². The number of nitrogens with zero attached hydrogens (tertiary/aromatic N) is 4. The lowest BCUT2D eigenvalue weighted by Gasteiger charge is -2.08. The quantitative estimate of drug-likeness (QED) is 0.446. The number of rotatable bonds is 2. The molecule has 0 amide bonds. The highest BCUT2D eigenvalue weighted by atomic mass is 32.2. The van der Waals surface area contributed by atoms with E-state index in [1.807, 2.05) is 41.1 Å². The van der Waals surface area contributed by atoms with Crippen molar-refractivity contribution in [3.63, 3.8) is 0 Å².